The van der Waals surface area contributed by atoms with E-state index in [1.165, 1.54) is 68.2 Å². The lowest BCUT2D eigenvalue weighted by Crippen LogP contribution is -2.24. The standard InChI is InChI=1S/C25H36O/c1-3-5-6-7-8-9-10-11-12-15-19-25(24(26)16-4-2)20-22-17-13-14-18-23(22)21-25/h4,13-14,16-18,20-21H,3,5-12,15,19H2,1-2H3/b16-4+. The summed E-state index contributed by atoms with van der Waals surface area (Å²) in [6, 6.07) is 8.35. The molecule has 0 radical (unpaired) electrons. The van der Waals surface area contributed by atoms with Gasteiger partial charge in [-0.1, -0.05) is 114 Å². The SMILES string of the molecule is C/C=C/C(=O)C1(CCCCCCCCCCCC)C=c2ccccc2=C1. The second-order valence-corrected chi connectivity index (χ2v) is 7.75. The highest BCUT2D eigenvalue weighted by Gasteiger charge is 2.33. The van der Waals surface area contributed by atoms with Crippen LogP contribution >= 0.6 is 0 Å². The third kappa shape index (κ3) is 5.97. The molecule has 1 aliphatic rings. The fourth-order valence-electron chi connectivity index (χ4n) is 3.99. The van der Waals surface area contributed by atoms with E-state index in [2.05, 4.69) is 43.3 Å². The minimum absolute atomic E-state index is 0.229. The maximum atomic E-state index is 12.8. The van der Waals surface area contributed by atoms with Gasteiger partial charge in [-0.2, -0.15) is 0 Å². The second-order valence-electron chi connectivity index (χ2n) is 7.75. The Morgan fingerprint density at radius 1 is 0.846 bits per heavy atom. The minimum Gasteiger partial charge on any atom is -0.294 e. The molecule has 0 atom stereocenters. The molecule has 0 spiro atoms. The highest BCUT2D eigenvalue weighted by molar-refractivity contribution is 6.05. The van der Waals surface area contributed by atoms with Crippen LogP contribution in [0.1, 0.15) is 84.5 Å². The van der Waals surface area contributed by atoms with E-state index in [0.717, 1.165) is 12.8 Å². The van der Waals surface area contributed by atoms with E-state index in [4.69, 9.17) is 0 Å². The van der Waals surface area contributed by atoms with Crippen LogP contribution in [0, 0.1) is 5.41 Å². The Labute approximate surface area is 159 Å². The van der Waals surface area contributed by atoms with Gasteiger partial charge in [-0.25, -0.2) is 0 Å². The molecule has 0 saturated carbocycles. The zero-order valence-corrected chi connectivity index (χ0v) is 16.8. The Bertz CT molecular complexity index is 660. The van der Waals surface area contributed by atoms with Gasteiger partial charge in [0.15, 0.2) is 5.78 Å². The molecule has 0 aromatic heterocycles. The number of allylic oxidation sites excluding steroid dienone is 2. The van der Waals surface area contributed by atoms with Crippen molar-refractivity contribution < 1.29 is 4.79 Å². The number of hydrogen-bond donors (Lipinski definition) is 0. The molecule has 0 fully saturated rings. The van der Waals surface area contributed by atoms with Crippen LogP contribution in [0.25, 0.3) is 12.2 Å². The Kier molecular flexibility index (Phi) is 8.88. The molecule has 0 amide bonds. The van der Waals surface area contributed by atoms with E-state index < -0.39 is 5.41 Å². The largest absolute Gasteiger partial charge is 0.294 e. The maximum Gasteiger partial charge on any atom is 0.169 e. The van der Waals surface area contributed by atoms with Crippen molar-refractivity contribution in [3.05, 3.63) is 46.9 Å². The summed E-state index contributed by atoms with van der Waals surface area (Å²) >= 11 is 0. The van der Waals surface area contributed by atoms with E-state index >= 15 is 0 Å². The van der Waals surface area contributed by atoms with Gasteiger partial charge in [-0.3, -0.25) is 4.79 Å². The van der Waals surface area contributed by atoms with Gasteiger partial charge < -0.3 is 0 Å². The first kappa shape index (κ1) is 20.7. The van der Waals surface area contributed by atoms with Gasteiger partial charge >= 0.3 is 0 Å². The molecule has 1 aromatic carbocycles. The summed E-state index contributed by atoms with van der Waals surface area (Å²) in [7, 11) is 0. The smallest absolute Gasteiger partial charge is 0.169 e. The van der Waals surface area contributed by atoms with E-state index in [0.29, 0.717) is 0 Å². The molecular formula is C25H36O. The Hall–Kier alpha value is -1.63. The molecule has 1 nitrogen and oxygen atoms in total. The van der Waals surface area contributed by atoms with Crippen LogP contribution in [0.2, 0.25) is 0 Å². The van der Waals surface area contributed by atoms with Gasteiger partial charge in [0.1, 0.15) is 0 Å². The molecule has 1 aliphatic carbocycles. The van der Waals surface area contributed by atoms with Crippen LogP contribution < -0.4 is 10.4 Å². The highest BCUT2D eigenvalue weighted by Crippen LogP contribution is 2.33. The Morgan fingerprint density at radius 2 is 1.35 bits per heavy atom. The summed E-state index contributed by atoms with van der Waals surface area (Å²) < 4.78 is 0. The molecular weight excluding hydrogens is 316 g/mol. The van der Waals surface area contributed by atoms with Crippen LogP contribution in [0.3, 0.4) is 0 Å². The first-order valence-electron chi connectivity index (χ1n) is 10.7. The first-order chi connectivity index (χ1) is 12.7. The number of benzene rings is 1. The highest BCUT2D eigenvalue weighted by atomic mass is 16.1. The molecule has 0 aliphatic heterocycles. The van der Waals surface area contributed by atoms with Gasteiger partial charge in [-0.05, 0) is 29.9 Å². The van der Waals surface area contributed by atoms with Crippen LogP contribution in [-0.2, 0) is 4.79 Å². The predicted octanol–water partition coefficient (Wildman–Crippen LogP) is 5.70. The number of rotatable bonds is 13. The lowest BCUT2D eigenvalue weighted by molar-refractivity contribution is -0.118. The lowest BCUT2D eigenvalue weighted by atomic mass is 9.79. The van der Waals surface area contributed by atoms with Gasteiger partial charge in [0.2, 0.25) is 0 Å². The van der Waals surface area contributed by atoms with E-state index in [9.17, 15) is 4.79 Å². The van der Waals surface area contributed by atoms with Gasteiger partial charge in [0.05, 0.1) is 5.41 Å². The van der Waals surface area contributed by atoms with Crippen molar-refractivity contribution >= 4 is 17.9 Å². The predicted molar refractivity (Wildman–Crippen MR) is 113 cm³/mol. The monoisotopic (exact) mass is 352 g/mol. The van der Waals surface area contributed by atoms with Crippen molar-refractivity contribution in [2.24, 2.45) is 5.41 Å². The quantitative estimate of drug-likeness (QED) is 0.328. The molecule has 0 unspecified atom stereocenters. The Balaban J connectivity index is 1.79. The molecule has 2 rings (SSSR count). The van der Waals surface area contributed by atoms with Crippen molar-refractivity contribution in [2.45, 2.75) is 84.5 Å². The number of carbonyl (C=O) groups excluding carboxylic acids is 1. The summed E-state index contributed by atoms with van der Waals surface area (Å²) in [4.78, 5) is 12.8. The zero-order chi connectivity index (χ0) is 18.7. The molecule has 0 saturated heterocycles. The van der Waals surface area contributed by atoms with E-state index in [1.54, 1.807) is 6.08 Å². The van der Waals surface area contributed by atoms with Crippen LogP contribution in [0.15, 0.2) is 36.4 Å². The zero-order valence-electron chi connectivity index (χ0n) is 16.8. The van der Waals surface area contributed by atoms with E-state index in [1.807, 2.05) is 13.0 Å². The van der Waals surface area contributed by atoms with Crippen molar-refractivity contribution in [2.75, 3.05) is 0 Å². The molecule has 0 heterocycles. The Morgan fingerprint density at radius 3 is 1.85 bits per heavy atom. The summed E-state index contributed by atoms with van der Waals surface area (Å²) in [5, 5.41) is 2.41. The fraction of sp³-hybridized carbons (Fsp3) is 0.560. The number of carbonyl (C=O) groups is 1. The molecule has 0 N–H and O–H groups in total. The van der Waals surface area contributed by atoms with Gasteiger partial charge in [0.25, 0.3) is 0 Å². The minimum atomic E-state index is -0.420. The number of hydrogen-bond acceptors (Lipinski definition) is 1. The first-order valence-corrected chi connectivity index (χ1v) is 10.7. The fourth-order valence-corrected chi connectivity index (χ4v) is 3.99. The third-order valence-corrected chi connectivity index (χ3v) is 5.54. The molecule has 26 heavy (non-hydrogen) atoms. The van der Waals surface area contributed by atoms with E-state index in [-0.39, 0.29) is 5.78 Å². The van der Waals surface area contributed by atoms with Crippen molar-refractivity contribution in [3.8, 4) is 0 Å². The number of fused-ring (bicyclic) bond motifs is 1. The third-order valence-electron chi connectivity index (χ3n) is 5.54. The molecule has 1 aromatic rings. The molecule has 142 valence electrons. The summed E-state index contributed by atoms with van der Waals surface area (Å²) in [6.07, 6.45) is 22.2. The number of unbranched alkanes of at least 4 members (excludes halogenated alkanes) is 9. The average molecular weight is 353 g/mol. The summed E-state index contributed by atoms with van der Waals surface area (Å²) in [5.41, 5.74) is -0.420. The van der Waals surface area contributed by atoms with Crippen molar-refractivity contribution in [1.29, 1.82) is 0 Å². The molecule has 1 heteroatoms. The normalized spacial score (nSPS) is 14.8. The van der Waals surface area contributed by atoms with Crippen molar-refractivity contribution in [3.63, 3.8) is 0 Å². The van der Waals surface area contributed by atoms with Crippen molar-refractivity contribution in [1.82, 2.24) is 0 Å². The van der Waals surface area contributed by atoms with Gasteiger partial charge in [0, 0.05) is 0 Å². The van der Waals surface area contributed by atoms with Crippen LogP contribution in [0.5, 0.6) is 0 Å². The van der Waals surface area contributed by atoms with Gasteiger partial charge in [-0.15, -0.1) is 0 Å². The number of ketones is 1. The average Bonchev–Trinajstić information content (AvgIpc) is 3.03. The summed E-state index contributed by atoms with van der Waals surface area (Å²) in [5.74, 6) is 0.229. The van der Waals surface area contributed by atoms with Crippen LogP contribution in [-0.4, -0.2) is 5.78 Å². The topological polar surface area (TPSA) is 17.1 Å². The van der Waals surface area contributed by atoms with Crippen LogP contribution in [0.4, 0.5) is 0 Å². The summed E-state index contributed by atoms with van der Waals surface area (Å²) in [6.45, 7) is 4.19. The maximum absolute atomic E-state index is 12.8. The molecule has 0 bridgehead atoms. The lowest BCUT2D eigenvalue weighted by Gasteiger charge is -2.22. The second kappa shape index (κ2) is 11.2.